The summed E-state index contributed by atoms with van der Waals surface area (Å²) in [7, 11) is 1.37. The molecule has 0 fully saturated rings. The highest BCUT2D eigenvalue weighted by Crippen LogP contribution is 2.40. The van der Waals surface area contributed by atoms with Crippen LogP contribution in [-0.2, 0) is 17.6 Å². The fraction of sp³-hybridized carbons (Fsp3) is 0.333. The number of carbonyl (C=O) groups excluding carboxylic acids is 1. The van der Waals surface area contributed by atoms with E-state index in [0.717, 1.165) is 24.8 Å². The zero-order valence-electron chi connectivity index (χ0n) is 14.3. The molecular weight excluding hydrogens is 395 g/mol. The third-order valence-corrected chi connectivity index (χ3v) is 5.97. The smallest absolute Gasteiger partial charge is 0.341 e. The highest BCUT2D eigenvalue weighted by molar-refractivity contribution is 7.80. The van der Waals surface area contributed by atoms with Crippen LogP contribution in [-0.4, -0.2) is 18.2 Å². The predicted octanol–water partition coefficient (Wildman–Crippen LogP) is 5.26. The standard InChI is InChI=1S/C18H18ClFN2O2S2/c1-9-3-5-11-14(7-9)26-16(15(11)17(23)24-2)22-18(25)21-10-4-6-13(20)12(19)8-10/h4,6,8-9H,3,5,7H2,1-2H3,(H2,21,22,25). The fourth-order valence-corrected chi connectivity index (χ4v) is 4.86. The first-order chi connectivity index (χ1) is 12.4. The Morgan fingerprint density at radius 2 is 2.19 bits per heavy atom. The molecule has 0 amide bonds. The Morgan fingerprint density at radius 3 is 2.88 bits per heavy atom. The lowest BCUT2D eigenvalue weighted by atomic mass is 9.88. The molecule has 1 atom stereocenters. The van der Waals surface area contributed by atoms with E-state index in [1.165, 1.54) is 41.5 Å². The number of thiophene rings is 1. The van der Waals surface area contributed by atoms with Crippen molar-refractivity contribution in [1.82, 2.24) is 0 Å². The maximum Gasteiger partial charge on any atom is 0.341 e. The number of ether oxygens (including phenoxy) is 1. The number of carbonyl (C=O) groups is 1. The number of halogens is 2. The monoisotopic (exact) mass is 412 g/mol. The largest absolute Gasteiger partial charge is 0.465 e. The van der Waals surface area contributed by atoms with Crippen LogP contribution < -0.4 is 10.6 Å². The molecule has 138 valence electrons. The van der Waals surface area contributed by atoms with Gasteiger partial charge in [0.25, 0.3) is 0 Å². The maximum atomic E-state index is 13.3. The van der Waals surface area contributed by atoms with Gasteiger partial charge in [-0.3, -0.25) is 0 Å². The van der Waals surface area contributed by atoms with Gasteiger partial charge in [-0.05, 0) is 61.2 Å². The van der Waals surface area contributed by atoms with E-state index in [2.05, 4.69) is 17.6 Å². The van der Waals surface area contributed by atoms with E-state index in [1.807, 2.05) is 0 Å². The average molecular weight is 413 g/mol. The van der Waals surface area contributed by atoms with Gasteiger partial charge in [0.05, 0.1) is 17.7 Å². The predicted molar refractivity (Wildman–Crippen MR) is 108 cm³/mol. The molecule has 0 saturated carbocycles. The van der Waals surface area contributed by atoms with Gasteiger partial charge in [-0.2, -0.15) is 0 Å². The summed E-state index contributed by atoms with van der Waals surface area (Å²) in [6, 6.07) is 4.25. The number of thiocarbonyl (C=S) groups is 1. The van der Waals surface area contributed by atoms with Gasteiger partial charge in [0.1, 0.15) is 10.8 Å². The molecule has 8 heteroatoms. The Bertz CT molecular complexity index is 869. The van der Waals surface area contributed by atoms with Crippen LogP contribution in [0.2, 0.25) is 5.02 Å². The van der Waals surface area contributed by atoms with Crippen molar-refractivity contribution in [3.05, 3.63) is 45.0 Å². The number of fused-ring (bicyclic) bond motifs is 1. The first-order valence-electron chi connectivity index (χ1n) is 8.15. The number of esters is 1. The summed E-state index contributed by atoms with van der Waals surface area (Å²) in [6.07, 6.45) is 2.84. The van der Waals surface area contributed by atoms with Crippen molar-refractivity contribution in [2.45, 2.75) is 26.2 Å². The fourth-order valence-electron chi connectivity index (χ4n) is 3.00. The van der Waals surface area contributed by atoms with E-state index < -0.39 is 5.82 Å². The van der Waals surface area contributed by atoms with E-state index in [-0.39, 0.29) is 11.0 Å². The minimum Gasteiger partial charge on any atom is -0.465 e. The Balaban J connectivity index is 1.83. The maximum absolute atomic E-state index is 13.3. The normalized spacial score (nSPS) is 15.9. The minimum atomic E-state index is -0.496. The van der Waals surface area contributed by atoms with E-state index >= 15 is 0 Å². The molecule has 1 unspecified atom stereocenters. The zero-order valence-corrected chi connectivity index (χ0v) is 16.7. The number of rotatable bonds is 3. The van der Waals surface area contributed by atoms with Crippen LogP contribution >= 0.6 is 35.2 Å². The lowest BCUT2D eigenvalue weighted by Gasteiger charge is -2.18. The summed E-state index contributed by atoms with van der Waals surface area (Å²) in [6.45, 7) is 2.21. The molecule has 0 aliphatic heterocycles. The Morgan fingerprint density at radius 1 is 1.42 bits per heavy atom. The quantitative estimate of drug-likeness (QED) is 0.532. The molecule has 0 spiro atoms. The number of methoxy groups -OCH3 is 1. The number of hydrogen-bond donors (Lipinski definition) is 2. The van der Waals surface area contributed by atoms with Gasteiger partial charge in [0.15, 0.2) is 5.11 Å². The molecule has 1 aliphatic carbocycles. The van der Waals surface area contributed by atoms with Gasteiger partial charge in [-0.1, -0.05) is 18.5 Å². The van der Waals surface area contributed by atoms with Crippen LogP contribution in [0.4, 0.5) is 15.1 Å². The first kappa shape index (κ1) is 19.1. The van der Waals surface area contributed by atoms with Crippen molar-refractivity contribution in [2.24, 2.45) is 5.92 Å². The second-order valence-corrected chi connectivity index (χ2v) is 8.18. The van der Waals surface area contributed by atoms with E-state index in [4.69, 9.17) is 28.6 Å². The summed E-state index contributed by atoms with van der Waals surface area (Å²) < 4.78 is 18.2. The summed E-state index contributed by atoms with van der Waals surface area (Å²) in [5.41, 5.74) is 2.17. The third-order valence-electron chi connectivity index (χ3n) is 4.31. The summed E-state index contributed by atoms with van der Waals surface area (Å²) in [5, 5.41) is 7.01. The SMILES string of the molecule is COC(=O)c1c(NC(=S)Nc2ccc(F)c(Cl)c2)sc2c1CCC(C)C2. The summed E-state index contributed by atoms with van der Waals surface area (Å²) >= 11 is 12.7. The second kappa shape index (κ2) is 7.90. The van der Waals surface area contributed by atoms with E-state index in [9.17, 15) is 9.18 Å². The van der Waals surface area contributed by atoms with E-state index in [1.54, 1.807) is 0 Å². The van der Waals surface area contributed by atoms with Gasteiger partial charge in [-0.25, -0.2) is 9.18 Å². The molecule has 2 N–H and O–H groups in total. The van der Waals surface area contributed by atoms with Crippen LogP contribution in [0, 0.1) is 11.7 Å². The molecule has 1 aromatic heterocycles. The zero-order chi connectivity index (χ0) is 18.8. The topological polar surface area (TPSA) is 50.4 Å². The molecule has 1 aliphatic rings. The molecule has 26 heavy (non-hydrogen) atoms. The Kier molecular flexibility index (Phi) is 5.79. The molecule has 1 heterocycles. The summed E-state index contributed by atoms with van der Waals surface area (Å²) in [5.74, 6) is -0.276. The molecule has 4 nitrogen and oxygen atoms in total. The molecule has 0 radical (unpaired) electrons. The van der Waals surface area contributed by atoms with Gasteiger partial charge in [0.2, 0.25) is 0 Å². The van der Waals surface area contributed by atoms with Gasteiger partial charge >= 0.3 is 5.97 Å². The van der Waals surface area contributed by atoms with Crippen molar-refractivity contribution in [3.63, 3.8) is 0 Å². The number of benzene rings is 1. The van der Waals surface area contributed by atoms with Crippen molar-refractivity contribution in [3.8, 4) is 0 Å². The molecular formula is C18H18ClFN2O2S2. The molecule has 0 saturated heterocycles. The van der Waals surface area contributed by atoms with Gasteiger partial charge < -0.3 is 15.4 Å². The molecule has 1 aromatic carbocycles. The van der Waals surface area contributed by atoms with Crippen molar-refractivity contribution in [2.75, 3.05) is 17.7 Å². The Labute approximate surface area is 165 Å². The lowest BCUT2D eigenvalue weighted by Crippen LogP contribution is -2.20. The first-order valence-corrected chi connectivity index (χ1v) is 9.75. The number of anilines is 2. The van der Waals surface area contributed by atoms with Crippen molar-refractivity contribution >= 4 is 56.9 Å². The molecule has 2 aromatic rings. The van der Waals surface area contributed by atoms with Crippen LogP contribution in [0.15, 0.2) is 18.2 Å². The molecule has 3 rings (SSSR count). The number of nitrogens with one attached hydrogen (secondary N) is 2. The van der Waals surface area contributed by atoms with Crippen LogP contribution in [0.3, 0.4) is 0 Å². The highest BCUT2D eigenvalue weighted by Gasteiger charge is 2.28. The van der Waals surface area contributed by atoms with Gasteiger partial charge in [0, 0.05) is 10.6 Å². The van der Waals surface area contributed by atoms with E-state index in [0.29, 0.717) is 27.3 Å². The van der Waals surface area contributed by atoms with Crippen LogP contribution in [0.5, 0.6) is 0 Å². The van der Waals surface area contributed by atoms with Crippen molar-refractivity contribution in [1.29, 1.82) is 0 Å². The Hall–Kier alpha value is -1.70. The van der Waals surface area contributed by atoms with Crippen molar-refractivity contribution < 1.29 is 13.9 Å². The number of hydrogen-bond acceptors (Lipinski definition) is 4. The lowest BCUT2D eigenvalue weighted by molar-refractivity contribution is 0.0601. The van der Waals surface area contributed by atoms with Gasteiger partial charge in [-0.15, -0.1) is 11.3 Å². The van der Waals surface area contributed by atoms with Crippen LogP contribution in [0.1, 0.15) is 34.1 Å². The highest BCUT2D eigenvalue weighted by atomic mass is 35.5. The summed E-state index contributed by atoms with van der Waals surface area (Å²) in [4.78, 5) is 13.5. The van der Waals surface area contributed by atoms with Crippen LogP contribution in [0.25, 0.3) is 0 Å². The average Bonchev–Trinajstić information content (AvgIpc) is 2.94. The third kappa shape index (κ3) is 4.00. The molecule has 0 bridgehead atoms. The second-order valence-electron chi connectivity index (χ2n) is 6.26. The minimum absolute atomic E-state index is 0.00799.